The Balaban J connectivity index is 1.67. The molecule has 0 atom stereocenters. The van der Waals surface area contributed by atoms with Crippen LogP contribution >= 0.6 is 11.6 Å². The number of nitrogen functional groups attached to an aromatic ring is 1. The molecule has 11 heteroatoms. The molecule has 1 amide bonds. The van der Waals surface area contributed by atoms with Crippen LogP contribution < -0.4 is 20.5 Å². The van der Waals surface area contributed by atoms with Crippen molar-refractivity contribution in [3.05, 3.63) is 52.9 Å². The van der Waals surface area contributed by atoms with Gasteiger partial charge in [0, 0.05) is 26.3 Å². The fourth-order valence-electron chi connectivity index (χ4n) is 3.22. The summed E-state index contributed by atoms with van der Waals surface area (Å²) in [6.45, 7) is 0.995. The van der Waals surface area contributed by atoms with E-state index >= 15 is 0 Å². The van der Waals surface area contributed by atoms with Crippen LogP contribution in [0.25, 0.3) is 0 Å². The number of aromatic nitrogens is 1. The van der Waals surface area contributed by atoms with E-state index < -0.39 is 27.0 Å². The fourth-order valence-corrected chi connectivity index (χ4v) is 5.06. The topological polar surface area (TPSA) is 109 Å². The summed E-state index contributed by atoms with van der Waals surface area (Å²) in [4.78, 5) is 17.7. The van der Waals surface area contributed by atoms with Gasteiger partial charge in [0.05, 0.1) is 21.5 Å². The molecule has 1 fully saturated rings. The average molecular weight is 442 g/mol. The van der Waals surface area contributed by atoms with Gasteiger partial charge in [0.25, 0.3) is 5.91 Å². The van der Waals surface area contributed by atoms with Gasteiger partial charge < -0.3 is 4.90 Å². The maximum absolute atomic E-state index is 13.4. The normalized spacial score (nSPS) is 15.2. The molecule has 0 spiro atoms. The van der Waals surface area contributed by atoms with Crippen molar-refractivity contribution in [1.29, 1.82) is 0 Å². The summed E-state index contributed by atoms with van der Waals surface area (Å²) in [5, 5.41) is -0.702. The van der Waals surface area contributed by atoms with Gasteiger partial charge in [-0.2, -0.15) is 0 Å². The van der Waals surface area contributed by atoms with Crippen molar-refractivity contribution in [3.63, 3.8) is 0 Å². The van der Waals surface area contributed by atoms with Gasteiger partial charge in [-0.25, -0.2) is 23.6 Å². The molecule has 0 bridgehead atoms. The van der Waals surface area contributed by atoms with Gasteiger partial charge in [-0.3, -0.25) is 14.5 Å². The van der Waals surface area contributed by atoms with E-state index in [1.54, 1.807) is 12.1 Å². The SMILES string of the molecule is CN(c1ccc(F)c(Cl)c1)S(=O)(=O)C1CCN(c2ccc(C(=O)NN)cn2)CC1. The number of halogens is 2. The number of anilines is 2. The molecule has 0 unspecified atom stereocenters. The van der Waals surface area contributed by atoms with Crippen LogP contribution in [0.15, 0.2) is 36.5 Å². The summed E-state index contributed by atoms with van der Waals surface area (Å²) in [6, 6.07) is 7.14. The van der Waals surface area contributed by atoms with E-state index in [2.05, 4.69) is 4.98 Å². The Bertz CT molecular complexity index is 995. The largest absolute Gasteiger partial charge is 0.357 e. The van der Waals surface area contributed by atoms with Crippen LogP contribution in [-0.4, -0.2) is 44.7 Å². The number of pyridine rings is 1. The number of carbonyl (C=O) groups excluding carboxylic acids is 1. The minimum atomic E-state index is -3.63. The molecule has 1 aliphatic rings. The fraction of sp³-hybridized carbons (Fsp3) is 0.333. The number of carbonyl (C=O) groups is 1. The number of hydrogen-bond acceptors (Lipinski definition) is 6. The standard InChI is InChI=1S/C18H21ClFN5O3S/c1-24(13-3-4-16(20)15(19)10-13)29(27,28)14-6-8-25(9-7-14)17-5-2-12(11-22-17)18(26)23-21/h2-5,10-11,14H,6-9,21H2,1H3,(H,23,26). The molecule has 0 aliphatic carbocycles. The zero-order valence-corrected chi connectivity index (χ0v) is 17.3. The highest BCUT2D eigenvalue weighted by molar-refractivity contribution is 7.93. The number of piperidine rings is 1. The van der Waals surface area contributed by atoms with Crippen molar-refractivity contribution in [2.45, 2.75) is 18.1 Å². The molecule has 1 aromatic carbocycles. The molecule has 2 heterocycles. The first-order valence-corrected chi connectivity index (χ1v) is 10.8. The average Bonchev–Trinajstić information content (AvgIpc) is 2.74. The number of rotatable bonds is 5. The molecule has 0 saturated carbocycles. The number of sulfonamides is 1. The number of benzene rings is 1. The molecular formula is C18H21ClFN5O3S. The Labute approximate surface area is 173 Å². The minimum absolute atomic E-state index is 0.128. The number of nitrogens with two attached hydrogens (primary N) is 1. The van der Waals surface area contributed by atoms with Crippen LogP contribution in [0.3, 0.4) is 0 Å². The van der Waals surface area contributed by atoms with Crippen LogP contribution in [0.2, 0.25) is 5.02 Å². The van der Waals surface area contributed by atoms with E-state index in [1.807, 2.05) is 10.3 Å². The van der Waals surface area contributed by atoms with Crippen molar-refractivity contribution in [2.24, 2.45) is 5.84 Å². The van der Waals surface area contributed by atoms with Crippen molar-refractivity contribution in [2.75, 3.05) is 29.3 Å². The summed E-state index contributed by atoms with van der Waals surface area (Å²) < 4.78 is 40.5. The highest BCUT2D eigenvalue weighted by Gasteiger charge is 2.33. The molecule has 0 radical (unpaired) electrons. The van der Waals surface area contributed by atoms with E-state index in [-0.39, 0.29) is 5.02 Å². The lowest BCUT2D eigenvalue weighted by atomic mass is 10.1. The first-order chi connectivity index (χ1) is 13.7. The summed E-state index contributed by atoms with van der Waals surface area (Å²) in [7, 11) is -2.19. The van der Waals surface area contributed by atoms with E-state index in [1.165, 1.54) is 25.4 Å². The van der Waals surface area contributed by atoms with Gasteiger partial charge in [0.1, 0.15) is 11.6 Å². The van der Waals surface area contributed by atoms with Crippen LogP contribution in [-0.2, 0) is 10.0 Å². The van der Waals surface area contributed by atoms with Crippen molar-refractivity contribution in [1.82, 2.24) is 10.4 Å². The molecule has 156 valence electrons. The maximum Gasteiger partial charge on any atom is 0.266 e. The minimum Gasteiger partial charge on any atom is -0.357 e. The summed E-state index contributed by atoms with van der Waals surface area (Å²) in [5.74, 6) is 4.73. The Hall–Kier alpha value is -2.43. The van der Waals surface area contributed by atoms with Crippen molar-refractivity contribution >= 4 is 39.0 Å². The Morgan fingerprint density at radius 1 is 1.31 bits per heavy atom. The molecule has 29 heavy (non-hydrogen) atoms. The monoisotopic (exact) mass is 441 g/mol. The zero-order valence-electron chi connectivity index (χ0n) is 15.7. The lowest BCUT2D eigenvalue weighted by Gasteiger charge is -2.34. The van der Waals surface area contributed by atoms with Gasteiger partial charge in [-0.1, -0.05) is 11.6 Å². The second-order valence-electron chi connectivity index (χ2n) is 6.68. The molecule has 1 aromatic heterocycles. The van der Waals surface area contributed by atoms with Crippen LogP contribution in [0, 0.1) is 5.82 Å². The van der Waals surface area contributed by atoms with Crippen molar-refractivity contribution in [3.8, 4) is 0 Å². The number of nitrogens with one attached hydrogen (secondary N) is 1. The highest BCUT2D eigenvalue weighted by atomic mass is 35.5. The second-order valence-corrected chi connectivity index (χ2v) is 9.33. The lowest BCUT2D eigenvalue weighted by molar-refractivity contribution is 0.0953. The van der Waals surface area contributed by atoms with E-state index in [9.17, 15) is 17.6 Å². The molecule has 3 rings (SSSR count). The van der Waals surface area contributed by atoms with Crippen LogP contribution in [0.5, 0.6) is 0 Å². The third-order valence-electron chi connectivity index (χ3n) is 4.98. The van der Waals surface area contributed by atoms with Crippen molar-refractivity contribution < 1.29 is 17.6 Å². The number of nitrogens with zero attached hydrogens (tertiary/aromatic N) is 3. The molecule has 2 aromatic rings. The Kier molecular flexibility index (Phi) is 6.25. The third-order valence-corrected chi connectivity index (χ3v) is 7.55. The molecule has 1 aliphatic heterocycles. The summed E-state index contributed by atoms with van der Waals surface area (Å²) >= 11 is 5.78. The maximum atomic E-state index is 13.4. The van der Waals surface area contributed by atoms with Gasteiger partial charge >= 0.3 is 0 Å². The van der Waals surface area contributed by atoms with Crippen LogP contribution in [0.4, 0.5) is 15.9 Å². The Morgan fingerprint density at radius 3 is 2.55 bits per heavy atom. The van der Waals surface area contributed by atoms with Gasteiger partial charge in [0.2, 0.25) is 10.0 Å². The number of amides is 1. The van der Waals surface area contributed by atoms with Gasteiger partial charge in [-0.05, 0) is 43.2 Å². The first-order valence-electron chi connectivity index (χ1n) is 8.88. The molecule has 8 nitrogen and oxygen atoms in total. The van der Waals surface area contributed by atoms with E-state index in [0.29, 0.717) is 43.0 Å². The predicted octanol–water partition coefficient (Wildman–Crippen LogP) is 1.91. The summed E-state index contributed by atoms with van der Waals surface area (Å²) in [5.41, 5.74) is 2.70. The van der Waals surface area contributed by atoms with Gasteiger partial charge in [-0.15, -0.1) is 0 Å². The van der Waals surface area contributed by atoms with Crippen LogP contribution in [0.1, 0.15) is 23.2 Å². The lowest BCUT2D eigenvalue weighted by Crippen LogP contribution is -2.44. The van der Waals surface area contributed by atoms with E-state index in [4.69, 9.17) is 17.4 Å². The second kappa shape index (κ2) is 8.52. The highest BCUT2D eigenvalue weighted by Crippen LogP contribution is 2.29. The predicted molar refractivity (Wildman–Crippen MR) is 110 cm³/mol. The van der Waals surface area contributed by atoms with E-state index in [0.717, 1.165) is 10.4 Å². The first kappa shape index (κ1) is 21.3. The quantitative estimate of drug-likeness (QED) is 0.417. The smallest absolute Gasteiger partial charge is 0.266 e. The summed E-state index contributed by atoms with van der Waals surface area (Å²) in [6.07, 6.45) is 2.25. The molecule has 3 N–H and O–H groups in total. The zero-order chi connectivity index (χ0) is 21.2. The third kappa shape index (κ3) is 4.44. The number of hydrazine groups is 1. The number of hydrogen-bond donors (Lipinski definition) is 2. The molecule has 1 saturated heterocycles. The molecular weight excluding hydrogens is 421 g/mol. The Morgan fingerprint density at radius 2 is 2.00 bits per heavy atom. The van der Waals surface area contributed by atoms with Gasteiger partial charge in [0.15, 0.2) is 0 Å².